The first-order valence-corrected chi connectivity index (χ1v) is 6.98. The van der Waals surface area contributed by atoms with Gasteiger partial charge in [0, 0.05) is 18.1 Å². The molecule has 0 aliphatic heterocycles. The van der Waals surface area contributed by atoms with Crippen molar-refractivity contribution >= 4 is 11.9 Å². The van der Waals surface area contributed by atoms with Crippen molar-refractivity contribution in [1.82, 2.24) is 5.32 Å². The van der Waals surface area contributed by atoms with Gasteiger partial charge in [-0.05, 0) is 55.7 Å². The number of carbonyl (C=O) groups is 2. The number of benzene rings is 1. The number of carboxylic acid groups (broad SMARTS) is 1. The third-order valence-corrected chi connectivity index (χ3v) is 3.97. The maximum absolute atomic E-state index is 11.9. The normalized spacial score (nSPS) is 20.7. The minimum atomic E-state index is -0.989. The number of aromatic hydroxyl groups is 2. The van der Waals surface area contributed by atoms with E-state index in [4.69, 9.17) is 0 Å². The third kappa shape index (κ3) is 4.90. The predicted molar refractivity (Wildman–Crippen MR) is 72.6 cm³/mol. The third-order valence-electron chi connectivity index (χ3n) is 3.97. The number of phenols is 2. The standard InChI is InChI=1S/C15H19NO5.Na/c17-12-6-5-11(7-13(12)18)14(19)16-8-9-1-3-10(4-2-9)15(20)21;/h5-7,9-10,17-18H,1-4,8H2,(H,16,19)(H,20,21);/q;+1/p-1. The van der Waals surface area contributed by atoms with E-state index >= 15 is 0 Å². The Labute approximate surface area is 150 Å². The molecule has 1 aliphatic carbocycles. The minimum Gasteiger partial charge on any atom is -0.550 e. The fourth-order valence-corrected chi connectivity index (χ4v) is 2.61. The molecule has 0 atom stereocenters. The summed E-state index contributed by atoms with van der Waals surface area (Å²) < 4.78 is 0. The van der Waals surface area contributed by atoms with Crippen LogP contribution < -0.4 is 40.0 Å². The Morgan fingerprint density at radius 1 is 1.14 bits per heavy atom. The van der Waals surface area contributed by atoms with Gasteiger partial charge < -0.3 is 25.4 Å². The summed E-state index contributed by atoms with van der Waals surface area (Å²) in [5.41, 5.74) is 0.272. The van der Waals surface area contributed by atoms with Crippen molar-refractivity contribution in [2.45, 2.75) is 25.7 Å². The maximum Gasteiger partial charge on any atom is 1.00 e. The Kier molecular flexibility index (Phi) is 7.19. The molecule has 3 N–H and O–H groups in total. The molecule has 0 heterocycles. The summed E-state index contributed by atoms with van der Waals surface area (Å²) in [5.74, 6) is -2.03. The van der Waals surface area contributed by atoms with Gasteiger partial charge in [0.1, 0.15) is 0 Å². The van der Waals surface area contributed by atoms with Crippen LogP contribution in [0.2, 0.25) is 0 Å². The fraction of sp³-hybridized carbons (Fsp3) is 0.467. The second-order valence-corrected chi connectivity index (χ2v) is 5.45. The summed E-state index contributed by atoms with van der Waals surface area (Å²) in [7, 11) is 0. The molecule has 1 fully saturated rings. The van der Waals surface area contributed by atoms with Crippen LogP contribution in [0.4, 0.5) is 0 Å². The summed E-state index contributed by atoms with van der Waals surface area (Å²) in [6.07, 6.45) is 2.67. The van der Waals surface area contributed by atoms with E-state index in [0.29, 0.717) is 19.4 Å². The van der Waals surface area contributed by atoms with Crippen LogP contribution >= 0.6 is 0 Å². The van der Waals surface area contributed by atoms with Gasteiger partial charge in [-0.1, -0.05) is 0 Å². The zero-order valence-electron chi connectivity index (χ0n) is 12.5. The summed E-state index contributed by atoms with van der Waals surface area (Å²) >= 11 is 0. The molecular weight excluding hydrogens is 297 g/mol. The van der Waals surface area contributed by atoms with Gasteiger partial charge in [-0.15, -0.1) is 0 Å². The van der Waals surface area contributed by atoms with Gasteiger partial charge in [0.05, 0.1) is 0 Å². The maximum atomic E-state index is 11.9. The molecule has 0 saturated heterocycles. The first-order chi connectivity index (χ1) is 9.97. The van der Waals surface area contributed by atoms with Gasteiger partial charge >= 0.3 is 29.6 Å². The Morgan fingerprint density at radius 2 is 1.77 bits per heavy atom. The monoisotopic (exact) mass is 315 g/mol. The van der Waals surface area contributed by atoms with Gasteiger partial charge in [0.2, 0.25) is 0 Å². The average molecular weight is 315 g/mol. The SMILES string of the molecule is O=C(NCC1CCC(C(=O)[O-])CC1)c1ccc(O)c(O)c1.[Na+]. The summed E-state index contributed by atoms with van der Waals surface area (Å²) in [6, 6.07) is 3.89. The van der Waals surface area contributed by atoms with E-state index in [1.165, 1.54) is 18.2 Å². The van der Waals surface area contributed by atoms with E-state index in [9.17, 15) is 24.9 Å². The summed E-state index contributed by atoms with van der Waals surface area (Å²) in [6.45, 7) is 0.472. The molecule has 2 rings (SSSR count). The molecule has 0 spiro atoms. The van der Waals surface area contributed by atoms with E-state index < -0.39 is 5.97 Å². The van der Waals surface area contributed by atoms with Crippen LogP contribution in [-0.2, 0) is 4.79 Å². The largest absolute Gasteiger partial charge is 1.00 e. The van der Waals surface area contributed by atoms with Crippen molar-refractivity contribution in [3.63, 3.8) is 0 Å². The van der Waals surface area contributed by atoms with Crippen molar-refractivity contribution in [3.8, 4) is 11.5 Å². The Hall–Kier alpha value is -1.24. The van der Waals surface area contributed by atoms with E-state index in [-0.39, 0.29) is 64.4 Å². The number of rotatable bonds is 4. The molecule has 7 heteroatoms. The smallest absolute Gasteiger partial charge is 0.550 e. The van der Waals surface area contributed by atoms with Crippen LogP contribution in [0.3, 0.4) is 0 Å². The molecule has 0 unspecified atom stereocenters. The zero-order valence-corrected chi connectivity index (χ0v) is 14.5. The second-order valence-electron chi connectivity index (χ2n) is 5.45. The second kappa shape index (κ2) is 8.41. The van der Waals surface area contributed by atoms with Crippen molar-refractivity contribution in [3.05, 3.63) is 23.8 Å². The molecule has 1 aliphatic rings. The van der Waals surface area contributed by atoms with Gasteiger partial charge in [-0.2, -0.15) is 0 Å². The molecule has 1 saturated carbocycles. The van der Waals surface area contributed by atoms with Crippen LogP contribution in [0, 0.1) is 11.8 Å². The minimum absolute atomic E-state index is 0. The van der Waals surface area contributed by atoms with Crippen molar-refractivity contribution in [1.29, 1.82) is 0 Å². The molecule has 1 amide bonds. The molecule has 0 radical (unpaired) electrons. The first kappa shape index (κ1) is 18.8. The molecule has 6 nitrogen and oxygen atoms in total. The first-order valence-electron chi connectivity index (χ1n) is 6.98. The molecule has 114 valence electrons. The topological polar surface area (TPSA) is 110 Å². The molecule has 0 aromatic heterocycles. The number of aliphatic carboxylic acids is 1. The van der Waals surface area contributed by atoms with Crippen LogP contribution in [0.15, 0.2) is 18.2 Å². The van der Waals surface area contributed by atoms with Gasteiger partial charge in [0.15, 0.2) is 11.5 Å². The van der Waals surface area contributed by atoms with E-state index in [1.54, 1.807) is 0 Å². The van der Waals surface area contributed by atoms with Gasteiger partial charge in [-0.3, -0.25) is 4.79 Å². The number of carbonyl (C=O) groups excluding carboxylic acids is 2. The Balaban J connectivity index is 0.00000242. The van der Waals surface area contributed by atoms with Crippen molar-refractivity contribution < 1.29 is 54.5 Å². The van der Waals surface area contributed by atoms with E-state index in [2.05, 4.69) is 5.32 Å². The number of nitrogens with one attached hydrogen (secondary N) is 1. The number of hydrogen-bond acceptors (Lipinski definition) is 5. The van der Waals surface area contributed by atoms with Crippen molar-refractivity contribution in [2.75, 3.05) is 6.54 Å². The molecule has 0 bridgehead atoms. The quantitative estimate of drug-likeness (QED) is 0.416. The van der Waals surface area contributed by atoms with Crippen molar-refractivity contribution in [2.24, 2.45) is 11.8 Å². The van der Waals surface area contributed by atoms with Crippen LogP contribution in [0.25, 0.3) is 0 Å². The van der Waals surface area contributed by atoms with Gasteiger partial charge in [0.25, 0.3) is 5.91 Å². The molecule has 1 aromatic carbocycles. The Morgan fingerprint density at radius 3 is 2.32 bits per heavy atom. The summed E-state index contributed by atoms with van der Waals surface area (Å²) in [4.78, 5) is 22.7. The fourth-order valence-electron chi connectivity index (χ4n) is 2.61. The van der Waals surface area contributed by atoms with E-state index in [1.807, 2.05) is 0 Å². The van der Waals surface area contributed by atoms with Gasteiger partial charge in [-0.25, -0.2) is 0 Å². The zero-order chi connectivity index (χ0) is 15.4. The molecule has 22 heavy (non-hydrogen) atoms. The predicted octanol–water partition coefficient (Wildman–Crippen LogP) is -2.61. The van der Waals surface area contributed by atoms with E-state index in [0.717, 1.165) is 12.8 Å². The molecular formula is C15H18NNaO5. The van der Waals surface area contributed by atoms with Crippen LogP contribution in [0.5, 0.6) is 11.5 Å². The summed E-state index contributed by atoms with van der Waals surface area (Å²) in [5, 5.41) is 32.1. The average Bonchev–Trinajstić information content (AvgIpc) is 2.48. The number of hydrogen-bond donors (Lipinski definition) is 3. The number of amides is 1. The van der Waals surface area contributed by atoms with Crippen LogP contribution in [0.1, 0.15) is 36.0 Å². The molecule has 1 aromatic rings. The number of carboxylic acids is 1. The number of phenolic OH excluding ortho intramolecular Hbond substituents is 2. The van der Waals surface area contributed by atoms with Crippen LogP contribution in [-0.4, -0.2) is 28.6 Å². The Bertz CT molecular complexity index is 541.